The maximum Gasteiger partial charge on any atom is 0.407 e. The summed E-state index contributed by atoms with van der Waals surface area (Å²) in [6, 6.07) is 24.2. The number of likely N-dealkylation sites (tertiary alicyclic amines) is 1. The molecule has 1 saturated heterocycles. The van der Waals surface area contributed by atoms with E-state index in [1.165, 1.54) is 0 Å². The van der Waals surface area contributed by atoms with Gasteiger partial charge in [0.05, 0.1) is 12.6 Å². The minimum atomic E-state index is -2.10. The highest BCUT2D eigenvalue weighted by atomic mass is 28.4. The lowest BCUT2D eigenvalue weighted by Gasteiger charge is -2.39. The molecular weight excluding hydrogens is 595 g/mol. The second-order valence-corrected chi connectivity index (χ2v) is 18.8. The van der Waals surface area contributed by atoms with Gasteiger partial charge in [-0.2, -0.15) is 0 Å². The largest absolute Gasteiger partial charge is 0.449 e. The third kappa shape index (κ3) is 7.21. The second kappa shape index (κ2) is 13.8. The molecule has 5 rings (SSSR count). The van der Waals surface area contributed by atoms with E-state index in [-0.39, 0.29) is 35.4 Å². The minimum absolute atomic E-state index is 0.00581. The zero-order chi connectivity index (χ0) is 33.1. The fourth-order valence-electron chi connectivity index (χ4n) is 6.16. The molecule has 0 bridgehead atoms. The summed E-state index contributed by atoms with van der Waals surface area (Å²) in [6.45, 7) is 13.4. The monoisotopic (exact) mass is 641 g/mol. The maximum atomic E-state index is 14.0. The van der Waals surface area contributed by atoms with E-state index in [4.69, 9.17) is 9.16 Å². The molecule has 0 saturated carbocycles. The molecule has 3 aromatic rings. The zero-order valence-corrected chi connectivity index (χ0v) is 28.8. The topological polar surface area (TPSA) is 97.0 Å². The van der Waals surface area contributed by atoms with Gasteiger partial charge in [-0.3, -0.25) is 9.59 Å². The van der Waals surface area contributed by atoms with Crippen molar-refractivity contribution in [2.75, 3.05) is 13.2 Å². The fraction of sp³-hybridized carbons (Fsp3) is 0.432. The van der Waals surface area contributed by atoms with Crippen molar-refractivity contribution in [3.8, 4) is 11.1 Å². The second-order valence-electron chi connectivity index (χ2n) is 14.0. The number of rotatable bonds is 10. The lowest BCUT2D eigenvalue weighted by molar-refractivity contribution is -0.142. The number of fused-ring (bicyclic) bond motifs is 3. The van der Waals surface area contributed by atoms with Crippen molar-refractivity contribution in [3.05, 3.63) is 95.6 Å². The van der Waals surface area contributed by atoms with Crippen LogP contribution in [0.3, 0.4) is 0 Å². The van der Waals surface area contributed by atoms with Gasteiger partial charge in [-0.05, 0) is 65.7 Å². The SMILES string of the molecule is C[C@@H](NC(=O)OCC1c2ccccc2-c2ccccc21)C(=O)N1[C@@H](CO[Si](C)(C)C(C)(C)C)CC[C@@H]1C(=O)NCc1ccccc1. The number of nitrogens with one attached hydrogen (secondary N) is 2. The van der Waals surface area contributed by atoms with E-state index in [0.717, 1.165) is 27.8 Å². The molecule has 3 amide bonds. The lowest BCUT2D eigenvalue weighted by atomic mass is 9.98. The van der Waals surface area contributed by atoms with Crippen LogP contribution < -0.4 is 10.6 Å². The number of carbonyl (C=O) groups is 3. The minimum Gasteiger partial charge on any atom is -0.449 e. The molecule has 0 aromatic heterocycles. The van der Waals surface area contributed by atoms with Crippen LogP contribution in [0.1, 0.15) is 63.1 Å². The molecule has 46 heavy (non-hydrogen) atoms. The van der Waals surface area contributed by atoms with Crippen LogP contribution in [0, 0.1) is 0 Å². The van der Waals surface area contributed by atoms with Crippen molar-refractivity contribution in [2.24, 2.45) is 0 Å². The number of alkyl carbamates (subject to hydrolysis) is 1. The van der Waals surface area contributed by atoms with E-state index in [1.807, 2.05) is 54.6 Å². The van der Waals surface area contributed by atoms with Crippen LogP contribution in [0.5, 0.6) is 0 Å². The van der Waals surface area contributed by atoms with Gasteiger partial charge in [0.15, 0.2) is 8.32 Å². The van der Waals surface area contributed by atoms with Crippen LogP contribution in [0.15, 0.2) is 78.9 Å². The van der Waals surface area contributed by atoms with E-state index in [1.54, 1.807) is 11.8 Å². The van der Waals surface area contributed by atoms with Gasteiger partial charge in [0, 0.05) is 12.5 Å². The third-order valence-corrected chi connectivity index (χ3v) is 14.4. The Bertz CT molecular complexity index is 1510. The first-order chi connectivity index (χ1) is 21.9. The van der Waals surface area contributed by atoms with Gasteiger partial charge in [-0.1, -0.05) is 99.6 Å². The van der Waals surface area contributed by atoms with Crippen LogP contribution in [0.25, 0.3) is 11.1 Å². The van der Waals surface area contributed by atoms with Crippen LogP contribution in [0.4, 0.5) is 4.79 Å². The van der Waals surface area contributed by atoms with Crippen molar-refractivity contribution in [3.63, 3.8) is 0 Å². The summed E-state index contributed by atoms with van der Waals surface area (Å²) < 4.78 is 12.3. The molecule has 3 aromatic carbocycles. The van der Waals surface area contributed by atoms with Crippen molar-refractivity contribution < 1.29 is 23.5 Å². The van der Waals surface area contributed by atoms with Gasteiger partial charge in [0.25, 0.3) is 0 Å². The quantitative estimate of drug-likeness (QED) is 0.243. The lowest BCUT2D eigenvalue weighted by Crippen LogP contribution is -2.56. The Morgan fingerprint density at radius 3 is 2.07 bits per heavy atom. The Labute approximate surface area is 274 Å². The fourth-order valence-corrected chi connectivity index (χ4v) is 7.21. The summed E-state index contributed by atoms with van der Waals surface area (Å²) in [5, 5.41) is 5.77. The van der Waals surface area contributed by atoms with Crippen LogP contribution >= 0.6 is 0 Å². The Hall–Kier alpha value is -3.95. The van der Waals surface area contributed by atoms with Crippen molar-refractivity contribution >= 4 is 26.2 Å². The summed E-state index contributed by atoms with van der Waals surface area (Å²) in [6.07, 6.45) is 0.498. The molecule has 0 spiro atoms. The third-order valence-electron chi connectivity index (χ3n) is 9.86. The molecule has 1 aliphatic heterocycles. The molecule has 2 N–H and O–H groups in total. The summed E-state index contributed by atoms with van der Waals surface area (Å²) in [5.41, 5.74) is 5.51. The van der Waals surface area contributed by atoms with Crippen LogP contribution in [-0.2, 0) is 25.3 Å². The molecule has 3 atom stereocenters. The molecule has 1 heterocycles. The Kier molecular flexibility index (Phi) is 10.0. The van der Waals surface area contributed by atoms with Gasteiger partial charge in [0.1, 0.15) is 18.7 Å². The van der Waals surface area contributed by atoms with Crippen LogP contribution in [-0.4, -0.2) is 62.5 Å². The molecule has 8 nitrogen and oxygen atoms in total. The highest BCUT2D eigenvalue weighted by molar-refractivity contribution is 6.74. The van der Waals surface area contributed by atoms with Gasteiger partial charge in [-0.15, -0.1) is 0 Å². The summed E-state index contributed by atoms with van der Waals surface area (Å²) in [5.74, 6) is -0.618. The number of hydrogen-bond donors (Lipinski definition) is 2. The first kappa shape index (κ1) is 33.4. The van der Waals surface area contributed by atoms with Gasteiger partial charge < -0.3 is 24.7 Å². The summed E-state index contributed by atoms with van der Waals surface area (Å²) in [4.78, 5) is 42.2. The van der Waals surface area contributed by atoms with Crippen LogP contribution in [0.2, 0.25) is 18.1 Å². The molecule has 0 unspecified atom stereocenters. The average molecular weight is 642 g/mol. The van der Waals surface area contributed by atoms with Crippen molar-refractivity contribution in [1.82, 2.24) is 15.5 Å². The first-order valence-electron chi connectivity index (χ1n) is 16.3. The first-order valence-corrected chi connectivity index (χ1v) is 19.2. The number of nitrogens with zero attached hydrogens (tertiary/aromatic N) is 1. The molecule has 244 valence electrons. The molecule has 9 heteroatoms. The highest BCUT2D eigenvalue weighted by Gasteiger charge is 2.45. The zero-order valence-electron chi connectivity index (χ0n) is 27.8. The molecule has 2 aliphatic rings. The van der Waals surface area contributed by atoms with E-state index >= 15 is 0 Å². The normalized spacial score (nSPS) is 18.4. The molecule has 1 aliphatic carbocycles. The number of hydrogen-bond acceptors (Lipinski definition) is 5. The predicted molar refractivity (Wildman–Crippen MR) is 183 cm³/mol. The van der Waals surface area contributed by atoms with Crippen molar-refractivity contribution in [2.45, 2.75) is 89.3 Å². The number of ether oxygens (including phenoxy) is 1. The Morgan fingerprint density at radius 2 is 1.46 bits per heavy atom. The van der Waals surface area contributed by atoms with Gasteiger partial charge in [-0.25, -0.2) is 4.79 Å². The molecular formula is C37H47N3O5Si. The Balaban J connectivity index is 1.25. The number of amides is 3. The smallest absolute Gasteiger partial charge is 0.407 e. The highest BCUT2D eigenvalue weighted by Crippen LogP contribution is 2.44. The maximum absolute atomic E-state index is 14.0. The summed E-state index contributed by atoms with van der Waals surface area (Å²) >= 11 is 0. The average Bonchev–Trinajstić information content (AvgIpc) is 3.60. The Morgan fingerprint density at radius 1 is 0.870 bits per heavy atom. The summed E-state index contributed by atoms with van der Waals surface area (Å²) in [7, 11) is -2.10. The standard InChI is InChI=1S/C37H47N3O5Si/c1-25(39-36(43)44-24-32-30-18-12-10-16-28(30)29-17-11-13-19-31(29)32)35(42)40-27(23-45-46(5,6)37(2,3)4)20-21-33(40)34(41)38-22-26-14-8-7-9-15-26/h7-19,25,27,32-33H,20-24H2,1-6H3,(H,38,41)(H,39,43)/t25-,27-,33-/m1/s1. The molecule has 0 radical (unpaired) electrons. The molecule has 1 fully saturated rings. The van der Waals surface area contributed by atoms with Gasteiger partial charge in [0.2, 0.25) is 11.8 Å². The van der Waals surface area contributed by atoms with E-state index in [0.29, 0.717) is 26.0 Å². The van der Waals surface area contributed by atoms with Crippen molar-refractivity contribution in [1.29, 1.82) is 0 Å². The number of benzene rings is 3. The number of carbonyl (C=O) groups excluding carboxylic acids is 3. The van der Waals surface area contributed by atoms with Gasteiger partial charge >= 0.3 is 6.09 Å². The van der Waals surface area contributed by atoms with E-state index in [9.17, 15) is 14.4 Å². The van der Waals surface area contributed by atoms with E-state index < -0.39 is 26.5 Å². The predicted octanol–water partition coefficient (Wildman–Crippen LogP) is 6.61. The van der Waals surface area contributed by atoms with E-state index in [2.05, 4.69) is 68.8 Å².